The van der Waals surface area contributed by atoms with Crippen LogP contribution in [-0.4, -0.2) is 12.5 Å². The summed E-state index contributed by atoms with van der Waals surface area (Å²) in [5.74, 6) is -0.0501. The second-order valence-corrected chi connectivity index (χ2v) is 7.19. The Bertz CT molecular complexity index is 460. The molecule has 0 unspecified atom stereocenters. The van der Waals surface area contributed by atoms with Gasteiger partial charge in [0.25, 0.3) is 5.91 Å². The molecule has 2 nitrogen and oxygen atoms in total. The van der Waals surface area contributed by atoms with Crippen molar-refractivity contribution in [2.75, 3.05) is 6.54 Å². The Labute approximate surface area is 135 Å². The number of hydrogen-bond donors (Lipinski definition) is 1. The van der Waals surface area contributed by atoms with Gasteiger partial charge < -0.3 is 5.32 Å². The van der Waals surface area contributed by atoms with Crippen molar-refractivity contribution in [2.45, 2.75) is 46.5 Å². The van der Waals surface area contributed by atoms with Crippen LogP contribution in [0.25, 0.3) is 0 Å². The van der Waals surface area contributed by atoms with Crippen molar-refractivity contribution in [3.05, 3.63) is 33.3 Å². The Morgan fingerprint density at radius 1 is 1.35 bits per heavy atom. The monoisotopic (exact) mass is 359 g/mol. The number of nitrogens with one attached hydrogen (secondary N) is 1. The van der Waals surface area contributed by atoms with Gasteiger partial charge >= 0.3 is 0 Å². The van der Waals surface area contributed by atoms with Crippen LogP contribution < -0.4 is 5.32 Å². The fourth-order valence-electron chi connectivity index (χ4n) is 2.00. The van der Waals surface area contributed by atoms with Gasteiger partial charge in [-0.25, -0.2) is 0 Å². The lowest BCUT2D eigenvalue weighted by atomic mass is 9.87. The van der Waals surface area contributed by atoms with Gasteiger partial charge in [-0.2, -0.15) is 0 Å². The van der Waals surface area contributed by atoms with Crippen LogP contribution in [0.5, 0.6) is 0 Å². The van der Waals surface area contributed by atoms with Crippen molar-refractivity contribution in [2.24, 2.45) is 5.41 Å². The molecule has 0 aromatic heterocycles. The van der Waals surface area contributed by atoms with Crippen LogP contribution in [0.3, 0.4) is 0 Å². The molecule has 0 heterocycles. The second kappa shape index (κ2) is 8.04. The Morgan fingerprint density at radius 3 is 2.65 bits per heavy atom. The first-order chi connectivity index (χ1) is 9.35. The number of carbonyl (C=O) groups excluding carboxylic acids is 1. The summed E-state index contributed by atoms with van der Waals surface area (Å²) in [5, 5.41) is 3.62. The maximum atomic E-state index is 12.1. The van der Waals surface area contributed by atoms with E-state index in [-0.39, 0.29) is 11.3 Å². The molecule has 1 aromatic rings. The molecule has 0 saturated carbocycles. The lowest BCUT2D eigenvalue weighted by molar-refractivity contribution is 0.0934. The summed E-state index contributed by atoms with van der Waals surface area (Å²) >= 11 is 9.26. The molecule has 0 aliphatic carbocycles. The fraction of sp³-hybridized carbons (Fsp3) is 0.562. The molecule has 1 rings (SSSR count). The van der Waals surface area contributed by atoms with Gasteiger partial charge in [0.1, 0.15) is 0 Å². The molecule has 4 heteroatoms. The molecule has 0 bridgehead atoms. The number of amides is 1. The first kappa shape index (κ1) is 17.5. The van der Waals surface area contributed by atoms with E-state index >= 15 is 0 Å². The van der Waals surface area contributed by atoms with Crippen molar-refractivity contribution in [3.63, 3.8) is 0 Å². The average Bonchev–Trinajstić information content (AvgIpc) is 2.39. The molecule has 0 aliphatic heterocycles. The topological polar surface area (TPSA) is 29.1 Å². The summed E-state index contributed by atoms with van der Waals surface area (Å²) in [7, 11) is 0. The van der Waals surface area contributed by atoms with E-state index in [1.165, 1.54) is 19.3 Å². The van der Waals surface area contributed by atoms with Gasteiger partial charge in [0.2, 0.25) is 0 Å². The summed E-state index contributed by atoms with van der Waals surface area (Å²) in [6.45, 7) is 7.28. The van der Waals surface area contributed by atoms with E-state index in [1.807, 2.05) is 0 Å². The van der Waals surface area contributed by atoms with Crippen LogP contribution in [0.4, 0.5) is 0 Å². The number of halogens is 2. The summed E-state index contributed by atoms with van der Waals surface area (Å²) in [6.07, 6.45) is 4.82. The summed E-state index contributed by atoms with van der Waals surface area (Å²) in [5.41, 5.74) is 0.764. The molecular formula is C16H23BrClNO. The highest BCUT2D eigenvalue weighted by Crippen LogP contribution is 2.24. The van der Waals surface area contributed by atoms with Gasteiger partial charge in [-0.05, 0) is 46.0 Å². The second-order valence-electron chi connectivity index (χ2n) is 5.93. The molecule has 1 amide bonds. The third-order valence-corrected chi connectivity index (χ3v) is 4.58. The predicted molar refractivity (Wildman–Crippen MR) is 89.4 cm³/mol. The first-order valence-corrected chi connectivity index (χ1v) is 8.26. The van der Waals surface area contributed by atoms with Gasteiger partial charge in [-0.1, -0.05) is 51.6 Å². The van der Waals surface area contributed by atoms with Crippen LogP contribution in [0.1, 0.15) is 56.8 Å². The van der Waals surface area contributed by atoms with Crippen molar-refractivity contribution < 1.29 is 4.79 Å². The molecule has 112 valence electrons. The maximum Gasteiger partial charge on any atom is 0.251 e. The zero-order valence-electron chi connectivity index (χ0n) is 12.4. The molecule has 0 radical (unpaired) electrons. The Kier molecular flexibility index (Phi) is 7.04. The average molecular weight is 361 g/mol. The number of hydrogen-bond acceptors (Lipinski definition) is 1. The minimum atomic E-state index is -0.0501. The van der Waals surface area contributed by atoms with Crippen LogP contribution >= 0.6 is 27.5 Å². The molecule has 20 heavy (non-hydrogen) atoms. The van der Waals surface area contributed by atoms with Crippen molar-refractivity contribution in [3.8, 4) is 0 Å². The molecule has 0 atom stereocenters. The van der Waals surface area contributed by atoms with E-state index < -0.39 is 0 Å². The number of unbranched alkanes of at least 4 members (excludes halogenated alkanes) is 2. The van der Waals surface area contributed by atoms with Crippen LogP contribution in [0.2, 0.25) is 5.02 Å². The van der Waals surface area contributed by atoms with E-state index in [9.17, 15) is 4.79 Å². The van der Waals surface area contributed by atoms with Gasteiger partial charge in [0.15, 0.2) is 0 Å². The smallest absolute Gasteiger partial charge is 0.251 e. The summed E-state index contributed by atoms with van der Waals surface area (Å²) in [6, 6.07) is 5.22. The van der Waals surface area contributed by atoms with E-state index in [0.29, 0.717) is 17.1 Å². The zero-order chi connectivity index (χ0) is 15.2. The van der Waals surface area contributed by atoms with Crippen LogP contribution in [0, 0.1) is 5.41 Å². The summed E-state index contributed by atoms with van der Waals surface area (Å²) in [4.78, 5) is 12.1. The SMILES string of the molecule is CCCCCC(C)(C)CNC(=O)c1ccc(Cl)c(Br)c1. The zero-order valence-corrected chi connectivity index (χ0v) is 14.8. The highest BCUT2D eigenvalue weighted by Gasteiger charge is 2.19. The summed E-state index contributed by atoms with van der Waals surface area (Å²) < 4.78 is 0.744. The minimum absolute atomic E-state index is 0.0501. The van der Waals surface area contributed by atoms with Crippen molar-refractivity contribution in [1.29, 1.82) is 0 Å². The van der Waals surface area contributed by atoms with Crippen LogP contribution in [-0.2, 0) is 0 Å². The molecule has 1 aromatic carbocycles. The Hall–Kier alpha value is -0.540. The molecule has 0 aliphatic rings. The molecule has 1 N–H and O–H groups in total. The van der Waals surface area contributed by atoms with E-state index in [1.54, 1.807) is 18.2 Å². The number of rotatable bonds is 7. The first-order valence-electron chi connectivity index (χ1n) is 7.09. The largest absolute Gasteiger partial charge is 0.352 e. The standard InChI is InChI=1S/C16H23BrClNO/c1-4-5-6-9-16(2,3)11-19-15(20)12-7-8-14(18)13(17)10-12/h7-8,10H,4-6,9,11H2,1-3H3,(H,19,20). The van der Waals surface area contributed by atoms with Gasteiger partial charge in [0, 0.05) is 16.6 Å². The van der Waals surface area contributed by atoms with Gasteiger partial charge in [-0.15, -0.1) is 0 Å². The molecule has 0 saturated heterocycles. The lowest BCUT2D eigenvalue weighted by Gasteiger charge is -2.25. The van der Waals surface area contributed by atoms with Crippen LogP contribution in [0.15, 0.2) is 22.7 Å². The molecule has 0 spiro atoms. The van der Waals surface area contributed by atoms with E-state index in [2.05, 4.69) is 42.0 Å². The van der Waals surface area contributed by atoms with E-state index in [0.717, 1.165) is 10.9 Å². The molecular weight excluding hydrogens is 338 g/mol. The molecule has 0 fully saturated rings. The highest BCUT2D eigenvalue weighted by atomic mass is 79.9. The van der Waals surface area contributed by atoms with Crippen molar-refractivity contribution >= 4 is 33.4 Å². The normalized spacial score (nSPS) is 11.4. The van der Waals surface area contributed by atoms with Gasteiger partial charge in [0.05, 0.1) is 5.02 Å². The quantitative estimate of drug-likeness (QED) is 0.645. The predicted octanol–water partition coefficient (Wildman–Crippen LogP) is 5.44. The Morgan fingerprint density at radius 2 is 2.05 bits per heavy atom. The highest BCUT2D eigenvalue weighted by molar-refractivity contribution is 9.10. The third kappa shape index (κ3) is 5.84. The van der Waals surface area contributed by atoms with E-state index in [4.69, 9.17) is 11.6 Å². The maximum absolute atomic E-state index is 12.1. The number of benzene rings is 1. The van der Waals surface area contributed by atoms with Crippen molar-refractivity contribution in [1.82, 2.24) is 5.32 Å². The van der Waals surface area contributed by atoms with Gasteiger partial charge in [-0.3, -0.25) is 4.79 Å². The third-order valence-electron chi connectivity index (χ3n) is 3.37. The number of carbonyl (C=O) groups is 1. The minimum Gasteiger partial charge on any atom is -0.352 e. The lowest BCUT2D eigenvalue weighted by Crippen LogP contribution is -2.34. The fourth-order valence-corrected chi connectivity index (χ4v) is 2.50. The Balaban J connectivity index is 2.51.